The van der Waals surface area contributed by atoms with E-state index in [0.717, 1.165) is 16.4 Å². The fraction of sp³-hybridized carbons (Fsp3) is 0.167. The molecule has 2 aromatic heterocycles. The van der Waals surface area contributed by atoms with E-state index < -0.39 is 0 Å². The van der Waals surface area contributed by atoms with E-state index in [4.69, 9.17) is 0 Å². The zero-order chi connectivity index (χ0) is 16.7. The van der Waals surface area contributed by atoms with Gasteiger partial charge in [0.1, 0.15) is 0 Å². The largest absolute Gasteiger partial charge is 0.279 e. The molecule has 24 heavy (non-hydrogen) atoms. The van der Waals surface area contributed by atoms with Gasteiger partial charge in [-0.1, -0.05) is 53.7 Å². The molecule has 0 spiro atoms. The number of nitrogens with zero attached hydrogens (tertiary/aromatic N) is 4. The maximum Gasteiger partial charge on any atom is 0.262 e. The molecule has 120 valence electrons. The third-order valence-corrected chi connectivity index (χ3v) is 5.08. The minimum atomic E-state index is -0.0550. The summed E-state index contributed by atoms with van der Waals surface area (Å²) in [5, 5.41) is 9.97. The highest BCUT2D eigenvalue weighted by molar-refractivity contribution is 7.98. The maximum atomic E-state index is 12.4. The third kappa shape index (κ3) is 2.39. The molecule has 0 unspecified atom stereocenters. The van der Waals surface area contributed by atoms with Gasteiger partial charge < -0.3 is 0 Å². The van der Waals surface area contributed by atoms with Crippen LogP contribution in [0.3, 0.4) is 0 Å². The Hall–Kier alpha value is -2.60. The molecule has 2 aromatic carbocycles. The topological polar surface area (TPSA) is 52.2 Å². The lowest BCUT2D eigenvalue weighted by Crippen LogP contribution is -2.20. The number of thioether (sulfide) groups is 1. The van der Waals surface area contributed by atoms with Gasteiger partial charge in [0.15, 0.2) is 5.16 Å². The summed E-state index contributed by atoms with van der Waals surface area (Å²) in [6.45, 7) is 2.08. The van der Waals surface area contributed by atoms with Crippen LogP contribution in [0.15, 0.2) is 58.5 Å². The van der Waals surface area contributed by atoms with Gasteiger partial charge in [0, 0.05) is 12.8 Å². The van der Waals surface area contributed by atoms with Crippen molar-refractivity contribution in [1.82, 2.24) is 19.2 Å². The summed E-state index contributed by atoms with van der Waals surface area (Å²) < 4.78 is 3.50. The number of fused-ring (bicyclic) bond motifs is 3. The zero-order valence-corrected chi connectivity index (χ0v) is 14.2. The number of aryl methyl sites for hydroxylation is 2. The fourth-order valence-electron chi connectivity index (χ4n) is 2.74. The SMILES string of the molecule is Cc1ccc(CSc2nnc3n(C)c(=O)c4ccccc4n23)cc1. The molecule has 4 rings (SSSR count). The quantitative estimate of drug-likeness (QED) is 0.539. The summed E-state index contributed by atoms with van der Waals surface area (Å²) in [4.78, 5) is 12.4. The van der Waals surface area contributed by atoms with Crippen LogP contribution in [0, 0.1) is 6.92 Å². The lowest BCUT2D eigenvalue weighted by atomic mass is 10.2. The molecule has 0 saturated heterocycles. The van der Waals surface area contributed by atoms with Crippen molar-refractivity contribution in [3.8, 4) is 0 Å². The Morgan fingerprint density at radius 2 is 1.79 bits per heavy atom. The summed E-state index contributed by atoms with van der Waals surface area (Å²) >= 11 is 1.62. The molecule has 6 heteroatoms. The third-order valence-electron chi connectivity index (χ3n) is 4.08. The van der Waals surface area contributed by atoms with Crippen molar-refractivity contribution in [3.05, 3.63) is 70.0 Å². The standard InChI is InChI=1S/C18H16N4OS/c1-12-7-9-13(10-8-12)11-24-18-20-19-17-21(2)16(23)14-5-3-4-6-15(14)22(17)18/h3-10H,11H2,1-2H3. The van der Waals surface area contributed by atoms with Crippen LogP contribution in [0.1, 0.15) is 11.1 Å². The van der Waals surface area contributed by atoms with Crippen LogP contribution in [-0.4, -0.2) is 19.2 Å². The van der Waals surface area contributed by atoms with Crippen LogP contribution in [0.25, 0.3) is 16.7 Å². The molecule has 0 atom stereocenters. The second kappa shape index (κ2) is 5.79. The Morgan fingerprint density at radius 3 is 2.58 bits per heavy atom. The first-order valence-electron chi connectivity index (χ1n) is 7.66. The summed E-state index contributed by atoms with van der Waals surface area (Å²) in [6, 6.07) is 16.0. The molecule has 2 heterocycles. The Morgan fingerprint density at radius 1 is 1.04 bits per heavy atom. The molecule has 0 N–H and O–H groups in total. The highest BCUT2D eigenvalue weighted by Gasteiger charge is 2.14. The monoisotopic (exact) mass is 336 g/mol. The lowest BCUT2D eigenvalue weighted by Gasteiger charge is -2.07. The van der Waals surface area contributed by atoms with Crippen LogP contribution >= 0.6 is 11.8 Å². The minimum absolute atomic E-state index is 0.0550. The van der Waals surface area contributed by atoms with Crippen molar-refractivity contribution < 1.29 is 0 Å². The van der Waals surface area contributed by atoms with Gasteiger partial charge in [-0.3, -0.25) is 13.8 Å². The average molecular weight is 336 g/mol. The van der Waals surface area contributed by atoms with Crippen LogP contribution in [0.4, 0.5) is 0 Å². The van der Waals surface area contributed by atoms with Gasteiger partial charge in [-0.15, -0.1) is 10.2 Å². The summed E-state index contributed by atoms with van der Waals surface area (Å²) in [7, 11) is 1.73. The molecule has 0 fully saturated rings. The van der Waals surface area contributed by atoms with E-state index in [9.17, 15) is 4.79 Å². The second-order valence-corrected chi connectivity index (χ2v) is 6.72. The van der Waals surface area contributed by atoms with E-state index in [1.807, 2.05) is 28.7 Å². The van der Waals surface area contributed by atoms with Crippen LogP contribution < -0.4 is 5.56 Å². The number of benzene rings is 2. The highest BCUT2D eigenvalue weighted by atomic mass is 32.2. The van der Waals surface area contributed by atoms with Gasteiger partial charge in [0.2, 0.25) is 5.78 Å². The van der Waals surface area contributed by atoms with Crippen LogP contribution in [0.2, 0.25) is 0 Å². The second-order valence-electron chi connectivity index (χ2n) is 5.77. The molecular formula is C18H16N4OS. The van der Waals surface area contributed by atoms with E-state index >= 15 is 0 Å². The summed E-state index contributed by atoms with van der Waals surface area (Å²) in [6.07, 6.45) is 0. The van der Waals surface area contributed by atoms with Crippen molar-refractivity contribution >= 4 is 28.4 Å². The Bertz CT molecular complexity index is 1100. The molecular weight excluding hydrogens is 320 g/mol. The van der Waals surface area contributed by atoms with Crippen molar-refractivity contribution in [2.75, 3.05) is 0 Å². The van der Waals surface area contributed by atoms with E-state index in [1.165, 1.54) is 11.1 Å². The first-order chi connectivity index (χ1) is 11.6. The molecule has 0 radical (unpaired) electrons. The minimum Gasteiger partial charge on any atom is -0.279 e. The first kappa shape index (κ1) is 15.0. The normalized spacial score (nSPS) is 11.4. The average Bonchev–Trinajstić information content (AvgIpc) is 3.03. The van der Waals surface area contributed by atoms with Gasteiger partial charge in [-0.25, -0.2) is 0 Å². The van der Waals surface area contributed by atoms with Gasteiger partial charge >= 0.3 is 0 Å². The number of hydrogen-bond acceptors (Lipinski definition) is 4. The molecule has 0 bridgehead atoms. The Kier molecular flexibility index (Phi) is 3.61. The smallest absolute Gasteiger partial charge is 0.262 e. The van der Waals surface area contributed by atoms with Gasteiger partial charge in [-0.2, -0.15) is 0 Å². The molecule has 5 nitrogen and oxygen atoms in total. The van der Waals surface area contributed by atoms with E-state index in [1.54, 1.807) is 23.4 Å². The lowest BCUT2D eigenvalue weighted by molar-refractivity contribution is 0.853. The first-order valence-corrected chi connectivity index (χ1v) is 8.65. The number of hydrogen-bond donors (Lipinski definition) is 0. The van der Waals surface area contributed by atoms with E-state index in [0.29, 0.717) is 11.2 Å². The molecule has 0 aliphatic carbocycles. The van der Waals surface area contributed by atoms with Gasteiger partial charge in [0.25, 0.3) is 5.56 Å². The Labute approximate surface area is 143 Å². The van der Waals surface area contributed by atoms with Crippen LogP contribution in [0.5, 0.6) is 0 Å². The molecule has 0 amide bonds. The van der Waals surface area contributed by atoms with Crippen molar-refractivity contribution in [2.45, 2.75) is 17.8 Å². The predicted molar refractivity (Wildman–Crippen MR) is 96.5 cm³/mol. The van der Waals surface area contributed by atoms with Gasteiger partial charge in [0.05, 0.1) is 10.9 Å². The molecule has 4 aromatic rings. The van der Waals surface area contributed by atoms with Gasteiger partial charge in [-0.05, 0) is 24.6 Å². The molecule has 0 saturated carbocycles. The maximum absolute atomic E-state index is 12.4. The molecule has 0 aliphatic rings. The van der Waals surface area contributed by atoms with Crippen LogP contribution in [-0.2, 0) is 12.8 Å². The molecule has 0 aliphatic heterocycles. The van der Waals surface area contributed by atoms with Crippen molar-refractivity contribution in [3.63, 3.8) is 0 Å². The highest BCUT2D eigenvalue weighted by Crippen LogP contribution is 2.24. The summed E-state index contributed by atoms with van der Waals surface area (Å²) in [5.41, 5.74) is 3.27. The zero-order valence-electron chi connectivity index (χ0n) is 13.4. The predicted octanol–water partition coefficient (Wildman–Crippen LogP) is 3.18. The summed E-state index contributed by atoms with van der Waals surface area (Å²) in [5.74, 6) is 1.36. The Balaban J connectivity index is 1.82. The van der Waals surface area contributed by atoms with Crippen molar-refractivity contribution in [1.29, 1.82) is 0 Å². The van der Waals surface area contributed by atoms with E-state index in [-0.39, 0.29) is 5.56 Å². The fourth-order valence-corrected chi connectivity index (χ4v) is 3.63. The van der Waals surface area contributed by atoms with Crippen molar-refractivity contribution in [2.24, 2.45) is 7.05 Å². The van der Waals surface area contributed by atoms with E-state index in [2.05, 4.69) is 41.4 Å². The number of para-hydroxylation sites is 1. The number of rotatable bonds is 3. The number of aromatic nitrogens is 4.